The van der Waals surface area contributed by atoms with Gasteiger partial charge < -0.3 is 19.3 Å². The fraction of sp³-hybridized carbons (Fsp3) is 0.242. The molecule has 3 aromatic carbocycles. The van der Waals surface area contributed by atoms with Crippen molar-refractivity contribution < 1.29 is 19.0 Å². The van der Waals surface area contributed by atoms with Gasteiger partial charge in [-0.15, -0.1) is 11.3 Å². The molecule has 2 aromatic heterocycles. The van der Waals surface area contributed by atoms with E-state index >= 15 is 0 Å². The third kappa shape index (κ3) is 5.45. The highest BCUT2D eigenvalue weighted by molar-refractivity contribution is 7.18. The third-order valence-electron chi connectivity index (χ3n) is 7.67. The summed E-state index contributed by atoms with van der Waals surface area (Å²) in [4.78, 5) is 32.1. The van der Waals surface area contributed by atoms with Gasteiger partial charge in [0.25, 0.3) is 0 Å². The standard InChI is InChI=1S/C33H30FN3O4S/c1-3-28-32(33(39)40)30(38)17-29(37(28)25-12-13-27-31(16-25)42-20(2)35-27)22-6-10-24(11-7-22)36-15-14-26(18-36)41-19-21-4-8-23(34)9-5-21/h4-13,16-17,26H,3,14-15,18-19H2,1-2H3,(H,39,40). The first-order chi connectivity index (χ1) is 20.3. The molecule has 3 heterocycles. The van der Waals surface area contributed by atoms with Gasteiger partial charge in [0, 0.05) is 36.2 Å². The molecule has 1 N–H and O–H groups in total. The van der Waals surface area contributed by atoms with Crippen LogP contribution in [0, 0.1) is 12.7 Å². The molecule has 1 aliphatic heterocycles. The van der Waals surface area contributed by atoms with Gasteiger partial charge in [0.1, 0.15) is 11.4 Å². The van der Waals surface area contributed by atoms with Crippen LogP contribution < -0.4 is 10.3 Å². The second kappa shape index (κ2) is 11.5. The first-order valence-corrected chi connectivity index (χ1v) is 14.7. The molecule has 0 bridgehead atoms. The van der Waals surface area contributed by atoms with Crippen molar-refractivity contribution in [1.82, 2.24) is 9.55 Å². The summed E-state index contributed by atoms with van der Waals surface area (Å²) in [6.45, 7) is 5.85. The highest BCUT2D eigenvalue weighted by atomic mass is 32.1. The normalized spacial score (nSPS) is 15.0. The van der Waals surface area contributed by atoms with Gasteiger partial charge in [0.2, 0.25) is 0 Å². The number of carbonyl (C=O) groups is 1. The van der Waals surface area contributed by atoms with Crippen molar-refractivity contribution in [3.05, 3.63) is 111 Å². The number of anilines is 1. The summed E-state index contributed by atoms with van der Waals surface area (Å²) in [5, 5.41) is 10.9. The van der Waals surface area contributed by atoms with Gasteiger partial charge >= 0.3 is 5.97 Å². The lowest BCUT2D eigenvalue weighted by molar-refractivity contribution is 0.0553. The number of fused-ring (bicyclic) bond motifs is 1. The molecule has 42 heavy (non-hydrogen) atoms. The number of nitrogens with zero attached hydrogens (tertiary/aromatic N) is 3. The van der Waals surface area contributed by atoms with Crippen molar-refractivity contribution in [2.45, 2.75) is 39.4 Å². The second-order valence-electron chi connectivity index (χ2n) is 10.4. The Hall–Kier alpha value is -4.34. The van der Waals surface area contributed by atoms with Crippen LogP contribution in [-0.4, -0.2) is 39.8 Å². The predicted molar refractivity (Wildman–Crippen MR) is 164 cm³/mol. The summed E-state index contributed by atoms with van der Waals surface area (Å²) in [6, 6.07) is 21.6. The Balaban J connectivity index is 1.30. The Labute approximate surface area is 246 Å². The highest BCUT2D eigenvalue weighted by Crippen LogP contribution is 2.32. The molecule has 6 rings (SSSR count). The molecule has 1 atom stereocenters. The molecule has 9 heteroatoms. The lowest BCUT2D eigenvalue weighted by Gasteiger charge is -2.22. The van der Waals surface area contributed by atoms with E-state index in [1.165, 1.54) is 18.2 Å². The summed E-state index contributed by atoms with van der Waals surface area (Å²) in [5.74, 6) is -1.49. The van der Waals surface area contributed by atoms with Crippen molar-refractivity contribution in [3.63, 3.8) is 0 Å². The SMILES string of the molecule is CCc1c(C(=O)O)c(=O)cc(-c2ccc(N3CCC(OCc4ccc(F)cc4)C3)cc2)n1-c1ccc2nc(C)sc2c1. The molecule has 0 amide bonds. The number of benzene rings is 3. The zero-order valence-corrected chi connectivity index (χ0v) is 24.2. The summed E-state index contributed by atoms with van der Waals surface area (Å²) in [6.07, 6.45) is 1.33. The number of rotatable bonds is 8. The number of ether oxygens (including phenoxy) is 1. The Morgan fingerprint density at radius 1 is 1.07 bits per heavy atom. The maximum Gasteiger partial charge on any atom is 0.341 e. The van der Waals surface area contributed by atoms with Gasteiger partial charge in [0.05, 0.1) is 33.6 Å². The first kappa shape index (κ1) is 27.8. The smallest absolute Gasteiger partial charge is 0.341 e. The second-order valence-corrected chi connectivity index (χ2v) is 11.7. The van der Waals surface area contributed by atoms with Crippen LogP contribution in [0.3, 0.4) is 0 Å². The van der Waals surface area contributed by atoms with Crippen LogP contribution in [-0.2, 0) is 17.8 Å². The van der Waals surface area contributed by atoms with E-state index in [-0.39, 0.29) is 17.5 Å². The number of carboxylic acid groups (broad SMARTS) is 1. The first-order valence-electron chi connectivity index (χ1n) is 13.9. The summed E-state index contributed by atoms with van der Waals surface area (Å²) in [7, 11) is 0. The minimum atomic E-state index is -1.23. The summed E-state index contributed by atoms with van der Waals surface area (Å²) in [5.41, 5.74) is 4.83. The number of hydrogen-bond acceptors (Lipinski definition) is 6. The van der Waals surface area contributed by atoms with Gasteiger partial charge in [-0.2, -0.15) is 0 Å². The molecular weight excluding hydrogens is 553 g/mol. The molecule has 214 valence electrons. The lowest BCUT2D eigenvalue weighted by atomic mass is 10.0. The average molecular weight is 584 g/mol. The third-order valence-corrected chi connectivity index (χ3v) is 8.61. The van der Waals surface area contributed by atoms with Crippen LogP contribution in [0.4, 0.5) is 10.1 Å². The van der Waals surface area contributed by atoms with Crippen molar-refractivity contribution in [2.75, 3.05) is 18.0 Å². The molecule has 1 aliphatic rings. The minimum absolute atomic E-state index is 0.0703. The van der Waals surface area contributed by atoms with Crippen LogP contribution in [0.2, 0.25) is 0 Å². The Morgan fingerprint density at radius 3 is 2.52 bits per heavy atom. The zero-order chi connectivity index (χ0) is 29.4. The quantitative estimate of drug-likeness (QED) is 0.221. The monoisotopic (exact) mass is 583 g/mol. The van der Waals surface area contributed by atoms with Gasteiger partial charge in [-0.3, -0.25) is 4.79 Å². The fourth-order valence-corrected chi connectivity index (χ4v) is 6.50. The number of aromatic carboxylic acids is 1. The lowest BCUT2D eigenvalue weighted by Crippen LogP contribution is -2.24. The van der Waals surface area contributed by atoms with Gasteiger partial charge in [-0.1, -0.05) is 31.2 Å². The maximum absolute atomic E-state index is 13.2. The number of halogens is 1. The molecule has 1 fully saturated rings. The van der Waals surface area contributed by atoms with E-state index in [0.717, 1.165) is 57.2 Å². The Bertz CT molecular complexity index is 1830. The van der Waals surface area contributed by atoms with Crippen LogP contribution in [0.5, 0.6) is 0 Å². The van der Waals surface area contributed by atoms with E-state index in [9.17, 15) is 19.1 Å². The predicted octanol–water partition coefficient (Wildman–Crippen LogP) is 6.62. The number of pyridine rings is 1. The average Bonchev–Trinajstić information content (AvgIpc) is 3.61. The molecule has 0 radical (unpaired) electrons. The van der Waals surface area contributed by atoms with E-state index < -0.39 is 11.4 Å². The van der Waals surface area contributed by atoms with E-state index in [1.807, 2.05) is 60.9 Å². The largest absolute Gasteiger partial charge is 0.477 e. The molecule has 7 nitrogen and oxygen atoms in total. The van der Waals surface area contributed by atoms with Crippen molar-refractivity contribution >= 4 is 33.2 Å². The molecule has 0 aliphatic carbocycles. The fourth-order valence-electron chi connectivity index (χ4n) is 5.64. The number of aromatic nitrogens is 2. The molecule has 5 aromatic rings. The van der Waals surface area contributed by atoms with Crippen LogP contribution >= 0.6 is 11.3 Å². The zero-order valence-electron chi connectivity index (χ0n) is 23.3. The number of thiazole rings is 1. The van der Waals surface area contributed by atoms with Crippen molar-refractivity contribution in [3.8, 4) is 16.9 Å². The summed E-state index contributed by atoms with van der Waals surface area (Å²) >= 11 is 1.58. The van der Waals surface area contributed by atoms with E-state index in [0.29, 0.717) is 24.4 Å². The van der Waals surface area contributed by atoms with Gasteiger partial charge in [-0.05, 0) is 73.4 Å². The molecule has 0 spiro atoms. The van der Waals surface area contributed by atoms with E-state index in [4.69, 9.17) is 4.74 Å². The highest BCUT2D eigenvalue weighted by Gasteiger charge is 2.25. The maximum atomic E-state index is 13.2. The van der Waals surface area contributed by atoms with Crippen molar-refractivity contribution in [2.24, 2.45) is 0 Å². The van der Waals surface area contributed by atoms with Gasteiger partial charge in [-0.25, -0.2) is 14.2 Å². The Kier molecular flexibility index (Phi) is 7.62. The van der Waals surface area contributed by atoms with Crippen LogP contribution in [0.1, 0.15) is 40.0 Å². The molecule has 0 saturated carbocycles. The van der Waals surface area contributed by atoms with Gasteiger partial charge in [0.15, 0.2) is 5.43 Å². The molecular formula is C33H30FN3O4S. The van der Waals surface area contributed by atoms with E-state index in [1.54, 1.807) is 23.5 Å². The van der Waals surface area contributed by atoms with Crippen molar-refractivity contribution in [1.29, 1.82) is 0 Å². The molecule has 1 saturated heterocycles. The van der Waals surface area contributed by atoms with E-state index in [2.05, 4.69) is 9.88 Å². The number of carboxylic acids is 1. The number of aryl methyl sites for hydroxylation is 1. The minimum Gasteiger partial charge on any atom is -0.477 e. The summed E-state index contributed by atoms with van der Waals surface area (Å²) < 4.78 is 22.2. The molecule has 1 unspecified atom stereocenters. The van der Waals surface area contributed by atoms with Crippen LogP contribution in [0.15, 0.2) is 77.6 Å². The number of hydrogen-bond donors (Lipinski definition) is 1. The van der Waals surface area contributed by atoms with Crippen LogP contribution in [0.25, 0.3) is 27.2 Å². The Morgan fingerprint density at radius 2 is 1.81 bits per heavy atom. The topological polar surface area (TPSA) is 84.7 Å².